The van der Waals surface area contributed by atoms with Gasteiger partial charge in [-0.25, -0.2) is 0 Å². The van der Waals surface area contributed by atoms with Crippen molar-refractivity contribution in [3.63, 3.8) is 0 Å². The zero-order valence-electron chi connectivity index (χ0n) is 24.4. The van der Waals surface area contributed by atoms with Gasteiger partial charge < -0.3 is 47.8 Å². The molecule has 0 aromatic heterocycles. The molecule has 1 N–H and O–H groups in total. The number of methoxy groups -OCH3 is 3. The Morgan fingerprint density at radius 3 is 2.36 bits per heavy atom. The second kappa shape index (κ2) is 10.9. The van der Waals surface area contributed by atoms with Crippen molar-refractivity contribution in [2.45, 2.75) is 101 Å². The number of aliphatic hydroxyl groups is 1. The summed E-state index contributed by atoms with van der Waals surface area (Å²) in [6.07, 6.45) is 4.68. The summed E-state index contributed by atoms with van der Waals surface area (Å²) in [7, 11) is 4.85. The lowest BCUT2D eigenvalue weighted by Gasteiger charge is -2.71. The third-order valence-electron chi connectivity index (χ3n) is 11.1. The van der Waals surface area contributed by atoms with E-state index in [0.29, 0.717) is 38.7 Å². The summed E-state index contributed by atoms with van der Waals surface area (Å²) in [4.78, 5) is 12.4. The number of aldehydes is 1. The van der Waals surface area contributed by atoms with Gasteiger partial charge in [-0.3, -0.25) is 0 Å². The first kappa shape index (κ1) is 29.8. The fourth-order valence-electron chi connectivity index (χ4n) is 9.55. The number of hydrogen-bond donors (Lipinski definition) is 1. The van der Waals surface area contributed by atoms with E-state index in [9.17, 15) is 9.90 Å². The van der Waals surface area contributed by atoms with Crippen molar-refractivity contribution in [2.75, 3.05) is 48.3 Å². The zero-order chi connectivity index (χ0) is 28.1. The highest BCUT2D eigenvalue weighted by Gasteiger charge is 2.77. The molecule has 1 spiro atoms. The van der Waals surface area contributed by atoms with Crippen LogP contribution in [0.3, 0.4) is 0 Å². The van der Waals surface area contributed by atoms with Gasteiger partial charge in [-0.2, -0.15) is 0 Å². The Morgan fingerprint density at radius 2 is 1.67 bits per heavy atom. The van der Waals surface area contributed by atoms with Crippen LogP contribution in [-0.4, -0.2) is 95.0 Å². The molecule has 0 radical (unpaired) electrons. The maximum Gasteiger partial charge on any atom is 0.163 e. The fourth-order valence-corrected chi connectivity index (χ4v) is 9.55. The van der Waals surface area contributed by atoms with Crippen LogP contribution in [0.25, 0.3) is 0 Å². The predicted molar refractivity (Wildman–Crippen MR) is 138 cm³/mol. The van der Waals surface area contributed by atoms with Crippen molar-refractivity contribution < 1.29 is 47.8 Å². The maximum absolute atomic E-state index is 12.7. The van der Waals surface area contributed by atoms with E-state index in [2.05, 4.69) is 6.92 Å². The minimum Gasteiger partial charge on any atom is -0.389 e. The normalized spacial score (nSPS) is 48.5. The molecule has 0 amide bonds. The van der Waals surface area contributed by atoms with E-state index in [1.807, 2.05) is 13.8 Å². The van der Waals surface area contributed by atoms with Gasteiger partial charge in [0.2, 0.25) is 0 Å². The molecule has 4 saturated carbocycles. The Morgan fingerprint density at radius 1 is 0.949 bits per heavy atom. The molecule has 5 fully saturated rings. The van der Waals surface area contributed by atoms with E-state index >= 15 is 0 Å². The molecule has 224 valence electrons. The van der Waals surface area contributed by atoms with Crippen molar-refractivity contribution in [1.29, 1.82) is 0 Å². The maximum atomic E-state index is 12.7. The van der Waals surface area contributed by atoms with E-state index in [1.54, 1.807) is 21.3 Å². The average molecular weight is 557 g/mol. The molecule has 10 heteroatoms. The highest BCUT2D eigenvalue weighted by molar-refractivity contribution is 5.57. The number of ether oxygens (including phenoxy) is 8. The molecule has 1 aliphatic heterocycles. The van der Waals surface area contributed by atoms with E-state index in [0.717, 1.165) is 19.1 Å². The first-order valence-corrected chi connectivity index (χ1v) is 14.4. The third-order valence-corrected chi connectivity index (χ3v) is 11.1. The number of fused-ring (bicyclic) bond motifs is 3. The molecule has 0 aromatic rings. The third kappa shape index (κ3) is 4.44. The van der Waals surface area contributed by atoms with Crippen LogP contribution in [0.5, 0.6) is 0 Å². The lowest BCUT2D eigenvalue weighted by Crippen LogP contribution is -2.78. The van der Waals surface area contributed by atoms with E-state index in [1.165, 1.54) is 0 Å². The molecule has 39 heavy (non-hydrogen) atoms. The molecule has 10 nitrogen and oxygen atoms in total. The standard InChI is InChI=1S/C29H48O10/c1-25(2)37-15-28-23(39-25)11-20(35-16-32-4)12-27(28,31)9-8-21-24(28)22(36-17-33-5)13-26(3)19(14-30)7-10-29(21,26)38-18-34-6/h14,19-24,31H,7-13,15-18H2,1-6H3/t19-,20+,21?,22+,23-,24?,26-,27+,28-,29+/m1/s1. The van der Waals surface area contributed by atoms with Crippen LogP contribution in [0.2, 0.25) is 0 Å². The molecule has 10 atom stereocenters. The summed E-state index contributed by atoms with van der Waals surface area (Å²) in [6.45, 7) is 6.77. The van der Waals surface area contributed by atoms with Crippen LogP contribution >= 0.6 is 0 Å². The quantitative estimate of drug-likeness (QED) is 0.318. The van der Waals surface area contributed by atoms with Crippen LogP contribution in [0.15, 0.2) is 0 Å². The SMILES string of the molecule is COCO[C@H]1C[C@H]2OC(C)(C)OC[C@]23C2C(CC[C@]3(O)C1)[C@@]1(OCOC)CC[C@H](C=O)[C@@]1(C)C[C@@H]2OCOC. The van der Waals surface area contributed by atoms with Crippen molar-refractivity contribution in [3.05, 3.63) is 0 Å². The van der Waals surface area contributed by atoms with Gasteiger partial charge in [0.25, 0.3) is 0 Å². The van der Waals surface area contributed by atoms with E-state index in [4.69, 9.17) is 37.9 Å². The number of rotatable bonds is 10. The second-order valence-corrected chi connectivity index (χ2v) is 13.1. The highest BCUT2D eigenvalue weighted by Crippen LogP contribution is 2.72. The summed E-state index contributed by atoms with van der Waals surface area (Å²) >= 11 is 0. The van der Waals surface area contributed by atoms with E-state index in [-0.39, 0.29) is 56.4 Å². The largest absolute Gasteiger partial charge is 0.389 e. The first-order chi connectivity index (χ1) is 18.6. The monoisotopic (exact) mass is 556 g/mol. The lowest BCUT2D eigenvalue weighted by atomic mass is 9.40. The van der Waals surface area contributed by atoms with Crippen LogP contribution in [0, 0.1) is 28.6 Å². The molecule has 5 rings (SSSR count). The summed E-state index contributed by atoms with van der Waals surface area (Å²) in [5.41, 5.74) is -2.94. The fraction of sp³-hybridized carbons (Fsp3) is 0.966. The number of carbonyl (C=O) groups is 1. The van der Waals surface area contributed by atoms with Crippen LogP contribution < -0.4 is 0 Å². The predicted octanol–water partition coefficient (Wildman–Crippen LogP) is 3.03. The Bertz CT molecular complexity index is 884. The number of carbonyl (C=O) groups excluding carboxylic acids is 1. The molecule has 1 saturated heterocycles. The molecular weight excluding hydrogens is 508 g/mol. The van der Waals surface area contributed by atoms with Gasteiger partial charge in [0.1, 0.15) is 26.7 Å². The summed E-state index contributed by atoms with van der Waals surface area (Å²) < 4.78 is 48.4. The lowest BCUT2D eigenvalue weighted by molar-refractivity contribution is -0.408. The molecule has 0 bridgehead atoms. The van der Waals surface area contributed by atoms with Crippen molar-refractivity contribution >= 4 is 6.29 Å². The molecule has 2 unspecified atom stereocenters. The summed E-state index contributed by atoms with van der Waals surface area (Å²) in [5, 5.41) is 12.7. The van der Waals surface area contributed by atoms with Gasteiger partial charge >= 0.3 is 0 Å². The Kier molecular flexibility index (Phi) is 8.29. The summed E-state index contributed by atoms with van der Waals surface area (Å²) in [6, 6.07) is 0. The minimum absolute atomic E-state index is 0.00848. The first-order valence-electron chi connectivity index (χ1n) is 14.4. The molecule has 1 heterocycles. The zero-order valence-corrected chi connectivity index (χ0v) is 24.4. The van der Waals surface area contributed by atoms with Crippen LogP contribution in [0.4, 0.5) is 0 Å². The second-order valence-electron chi connectivity index (χ2n) is 13.1. The highest BCUT2D eigenvalue weighted by atomic mass is 16.7. The summed E-state index contributed by atoms with van der Waals surface area (Å²) in [5.74, 6) is -1.13. The van der Waals surface area contributed by atoms with E-state index < -0.39 is 27.8 Å². The molecule has 5 aliphatic rings. The Balaban J connectivity index is 1.64. The minimum atomic E-state index is -1.11. The van der Waals surface area contributed by atoms with Crippen molar-refractivity contribution in [3.8, 4) is 0 Å². The molecule has 0 aromatic carbocycles. The van der Waals surface area contributed by atoms with Crippen molar-refractivity contribution in [2.24, 2.45) is 28.6 Å². The van der Waals surface area contributed by atoms with Gasteiger partial charge in [-0.05, 0) is 51.9 Å². The van der Waals surface area contributed by atoms with Gasteiger partial charge in [0.15, 0.2) is 5.79 Å². The average Bonchev–Trinajstić information content (AvgIpc) is 3.19. The Labute approximate surface area is 232 Å². The molecular formula is C29H48O10. The van der Waals surface area contributed by atoms with Crippen LogP contribution in [0.1, 0.15) is 65.7 Å². The van der Waals surface area contributed by atoms with Gasteiger partial charge in [0.05, 0.1) is 41.5 Å². The van der Waals surface area contributed by atoms with Gasteiger partial charge in [-0.1, -0.05) is 6.92 Å². The van der Waals surface area contributed by atoms with Crippen LogP contribution in [-0.2, 0) is 42.7 Å². The van der Waals surface area contributed by atoms with Crippen molar-refractivity contribution in [1.82, 2.24) is 0 Å². The van der Waals surface area contributed by atoms with Gasteiger partial charge in [0, 0.05) is 51.4 Å². The smallest absolute Gasteiger partial charge is 0.163 e. The topological polar surface area (TPSA) is 111 Å². The van der Waals surface area contributed by atoms with Gasteiger partial charge in [-0.15, -0.1) is 0 Å². The molecule has 4 aliphatic carbocycles. The number of hydrogen-bond acceptors (Lipinski definition) is 10. The Hall–Kier alpha value is -0.690.